The molecule has 1 heterocycles. The predicted molar refractivity (Wildman–Crippen MR) is 135 cm³/mol. The van der Waals surface area contributed by atoms with E-state index in [1.54, 1.807) is 14.2 Å². The van der Waals surface area contributed by atoms with Crippen LogP contribution in [0.25, 0.3) is 10.9 Å². The molecule has 0 radical (unpaired) electrons. The molecule has 0 spiro atoms. The third-order valence-corrected chi connectivity index (χ3v) is 6.82. The number of hydrogen-bond donors (Lipinski definition) is 2. The summed E-state index contributed by atoms with van der Waals surface area (Å²) < 4.78 is 11.1. The fraction of sp³-hybridized carbons (Fsp3) is 0.500. The van der Waals surface area contributed by atoms with Crippen LogP contribution in [-0.4, -0.2) is 62.4 Å². The number of carbonyl (C=O) groups is 1. The normalized spacial score (nSPS) is 24.4. The third-order valence-electron chi connectivity index (χ3n) is 6.82. The Morgan fingerprint density at radius 1 is 1.15 bits per heavy atom. The molecular weight excluding hydrogens is 430 g/mol. The Bertz CT molecular complexity index is 1080. The van der Waals surface area contributed by atoms with E-state index in [9.17, 15) is 4.79 Å². The highest BCUT2D eigenvalue weighted by atomic mass is 16.5. The molecular formula is C26H35N5O3. The Balaban J connectivity index is 1.32. The van der Waals surface area contributed by atoms with Gasteiger partial charge >= 0.3 is 0 Å². The Morgan fingerprint density at radius 2 is 1.91 bits per heavy atom. The molecule has 1 unspecified atom stereocenters. The lowest BCUT2D eigenvalue weighted by molar-refractivity contribution is -0.127. The van der Waals surface area contributed by atoms with E-state index < -0.39 is 5.60 Å². The van der Waals surface area contributed by atoms with E-state index in [4.69, 9.17) is 19.4 Å². The van der Waals surface area contributed by atoms with Crippen molar-refractivity contribution in [3.8, 4) is 0 Å². The number of hydrogen-bond acceptors (Lipinski definition) is 7. The minimum absolute atomic E-state index is 0.00632. The summed E-state index contributed by atoms with van der Waals surface area (Å²) in [6.07, 6.45) is 9.90. The van der Waals surface area contributed by atoms with Gasteiger partial charge in [0.15, 0.2) is 0 Å². The Kier molecular flexibility index (Phi) is 7.36. The molecule has 1 amide bonds. The second-order valence-corrected chi connectivity index (χ2v) is 9.33. The molecule has 2 aliphatic carbocycles. The van der Waals surface area contributed by atoms with Crippen molar-refractivity contribution in [1.82, 2.24) is 15.3 Å². The summed E-state index contributed by atoms with van der Waals surface area (Å²) in [5, 5.41) is 7.66. The van der Waals surface area contributed by atoms with Gasteiger partial charge in [0.05, 0.1) is 24.9 Å². The van der Waals surface area contributed by atoms with Crippen molar-refractivity contribution >= 4 is 28.6 Å². The lowest BCUT2D eigenvalue weighted by atomic mass is 9.85. The molecule has 1 atom stereocenters. The quantitative estimate of drug-likeness (QED) is 0.615. The molecule has 2 N–H and O–H groups in total. The van der Waals surface area contributed by atoms with Crippen molar-refractivity contribution in [2.75, 3.05) is 45.1 Å². The van der Waals surface area contributed by atoms with E-state index in [1.807, 2.05) is 61.5 Å². The van der Waals surface area contributed by atoms with Crippen LogP contribution in [0.5, 0.6) is 0 Å². The number of methoxy groups -OCH3 is 2. The van der Waals surface area contributed by atoms with Gasteiger partial charge in [0.1, 0.15) is 11.4 Å². The predicted octanol–water partition coefficient (Wildman–Crippen LogP) is 3.66. The molecule has 0 aliphatic heterocycles. The lowest BCUT2D eigenvalue weighted by Gasteiger charge is -2.33. The van der Waals surface area contributed by atoms with Gasteiger partial charge in [0.2, 0.25) is 11.9 Å². The smallest absolute Gasteiger partial charge is 0.225 e. The fourth-order valence-corrected chi connectivity index (χ4v) is 4.75. The molecule has 0 bridgehead atoms. The van der Waals surface area contributed by atoms with Crippen molar-refractivity contribution < 1.29 is 14.3 Å². The number of benzene rings is 1. The van der Waals surface area contributed by atoms with E-state index >= 15 is 0 Å². The monoisotopic (exact) mass is 465 g/mol. The number of anilines is 2. The highest BCUT2D eigenvalue weighted by Gasteiger charge is 2.33. The van der Waals surface area contributed by atoms with E-state index in [1.165, 1.54) is 0 Å². The van der Waals surface area contributed by atoms with Crippen LogP contribution < -0.4 is 15.5 Å². The molecule has 4 rings (SSSR count). The third kappa shape index (κ3) is 5.33. The number of nitrogens with one attached hydrogen (secondary N) is 2. The van der Waals surface area contributed by atoms with Gasteiger partial charge < -0.3 is 25.0 Å². The average molecular weight is 466 g/mol. The van der Waals surface area contributed by atoms with Crippen LogP contribution in [0, 0.1) is 5.92 Å². The molecule has 182 valence electrons. The van der Waals surface area contributed by atoms with Crippen LogP contribution in [0.15, 0.2) is 48.3 Å². The number of amides is 1. The first kappa shape index (κ1) is 24.0. The molecule has 8 nitrogen and oxygen atoms in total. The largest absolute Gasteiger partial charge is 0.501 e. The standard InChI is InChI=1S/C26H35N5O3/c1-31(2)23-21-9-5-6-10-22(21)29-25(30-23)28-19-13-11-18(12-14-19)24(32)27-17-26(34-4)15-7-8-20(16-26)33-3/h5-10,15,18-19H,11-14,16-17H2,1-4H3,(H,27,32)(H,28,29,30)/t18-,19+,26?. The van der Waals surface area contributed by atoms with Gasteiger partial charge in [-0.25, -0.2) is 4.98 Å². The summed E-state index contributed by atoms with van der Waals surface area (Å²) in [6, 6.07) is 8.30. The van der Waals surface area contributed by atoms with Crippen molar-refractivity contribution in [3.05, 3.63) is 48.3 Å². The topological polar surface area (TPSA) is 88.6 Å². The van der Waals surface area contributed by atoms with Crippen LogP contribution in [0.1, 0.15) is 32.1 Å². The van der Waals surface area contributed by atoms with Crippen molar-refractivity contribution in [2.45, 2.75) is 43.7 Å². The first-order valence-corrected chi connectivity index (χ1v) is 11.9. The molecule has 8 heteroatoms. The van der Waals surface area contributed by atoms with Gasteiger partial charge in [-0.1, -0.05) is 24.3 Å². The molecule has 2 aliphatic rings. The SMILES string of the molecule is COC1=CC=CC(CNC(=O)[C@H]2CC[C@@H](Nc3nc(N(C)C)c4ccccc4n3)CC2)(OC)C1. The Morgan fingerprint density at radius 3 is 2.62 bits per heavy atom. The van der Waals surface area contributed by atoms with Gasteiger partial charge in [-0.2, -0.15) is 4.98 Å². The van der Waals surface area contributed by atoms with E-state index in [0.29, 0.717) is 18.9 Å². The number of aromatic nitrogens is 2. The number of fused-ring (bicyclic) bond motifs is 1. The minimum atomic E-state index is -0.563. The van der Waals surface area contributed by atoms with Crippen molar-refractivity contribution in [3.63, 3.8) is 0 Å². The van der Waals surface area contributed by atoms with Gasteiger partial charge in [-0.15, -0.1) is 0 Å². The number of para-hydroxylation sites is 1. The van der Waals surface area contributed by atoms with Gasteiger partial charge in [0.25, 0.3) is 0 Å². The average Bonchev–Trinajstić information content (AvgIpc) is 2.87. The first-order valence-electron chi connectivity index (χ1n) is 11.9. The van der Waals surface area contributed by atoms with Crippen LogP contribution >= 0.6 is 0 Å². The maximum atomic E-state index is 12.9. The summed E-state index contributed by atoms with van der Waals surface area (Å²) in [5.74, 6) is 2.49. The summed E-state index contributed by atoms with van der Waals surface area (Å²) >= 11 is 0. The van der Waals surface area contributed by atoms with E-state index in [2.05, 4.69) is 10.6 Å². The number of ether oxygens (including phenoxy) is 2. The number of nitrogens with zero attached hydrogens (tertiary/aromatic N) is 3. The Hall–Kier alpha value is -3.13. The highest BCUT2D eigenvalue weighted by molar-refractivity contribution is 5.90. The van der Waals surface area contributed by atoms with Gasteiger partial charge in [0, 0.05) is 45.0 Å². The second-order valence-electron chi connectivity index (χ2n) is 9.33. The number of allylic oxidation sites excluding steroid dienone is 2. The second kappa shape index (κ2) is 10.4. The van der Waals surface area contributed by atoms with E-state index in [-0.39, 0.29) is 17.9 Å². The fourth-order valence-electron chi connectivity index (χ4n) is 4.75. The van der Waals surface area contributed by atoms with Crippen LogP contribution in [0.3, 0.4) is 0 Å². The van der Waals surface area contributed by atoms with Gasteiger partial charge in [-0.3, -0.25) is 4.79 Å². The minimum Gasteiger partial charge on any atom is -0.501 e. The van der Waals surface area contributed by atoms with Crippen molar-refractivity contribution in [2.24, 2.45) is 5.92 Å². The van der Waals surface area contributed by atoms with Crippen molar-refractivity contribution in [1.29, 1.82) is 0 Å². The molecule has 1 aromatic heterocycles. The highest BCUT2D eigenvalue weighted by Crippen LogP contribution is 2.30. The van der Waals surface area contributed by atoms with Crippen LogP contribution in [0.2, 0.25) is 0 Å². The molecule has 34 heavy (non-hydrogen) atoms. The zero-order valence-corrected chi connectivity index (χ0v) is 20.5. The molecule has 2 aromatic rings. The van der Waals surface area contributed by atoms with Crippen LogP contribution in [0.4, 0.5) is 11.8 Å². The summed E-state index contributed by atoms with van der Waals surface area (Å²) in [5.41, 5.74) is 0.360. The molecule has 1 saturated carbocycles. The van der Waals surface area contributed by atoms with Gasteiger partial charge in [-0.05, 0) is 43.9 Å². The zero-order chi connectivity index (χ0) is 24.1. The maximum Gasteiger partial charge on any atom is 0.225 e. The molecule has 0 saturated heterocycles. The number of carbonyl (C=O) groups excluding carboxylic acids is 1. The lowest BCUT2D eigenvalue weighted by Crippen LogP contribution is -2.46. The molecule has 1 aromatic carbocycles. The maximum absolute atomic E-state index is 12.9. The molecule has 1 fully saturated rings. The summed E-state index contributed by atoms with van der Waals surface area (Å²) in [6.45, 7) is 0.427. The zero-order valence-electron chi connectivity index (χ0n) is 20.5. The summed E-state index contributed by atoms with van der Waals surface area (Å²) in [4.78, 5) is 24.4. The Labute approximate surface area is 201 Å². The first-order chi connectivity index (χ1) is 16.4. The van der Waals surface area contributed by atoms with E-state index in [0.717, 1.165) is 48.2 Å². The van der Waals surface area contributed by atoms with Crippen LogP contribution in [-0.2, 0) is 14.3 Å². The number of rotatable bonds is 8. The summed E-state index contributed by atoms with van der Waals surface area (Å²) in [7, 11) is 7.31.